The van der Waals surface area contributed by atoms with Gasteiger partial charge in [-0.25, -0.2) is 4.39 Å². The topological polar surface area (TPSA) is 60.0 Å². The summed E-state index contributed by atoms with van der Waals surface area (Å²) in [4.78, 5) is 14.3. The lowest BCUT2D eigenvalue weighted by Gasteiger charge is -2.37. The number of carbonyl (C=O) groups is 1. The number of hydrogen-bond donors (Lipinski definition) is 1. The van der Waals surface area contributed by atoms with Gasteiger partial charge in [0.05, 0.1) is 31.6 Å². The van der Waals surface area contributed by atoms with Gasteiger partial charge in [-0.15, -0.1) is 0 Å². The number of ether oxygens (including phenoxy) is 3. The zero-order valence-corrected chi connectivity index (χ0v) is 18.4. The van der Waals surface area contributed by atoms with E-state index in [-0.39, 0.29) is 23.9 Å². The van der Waals surface area contributed by atoms with E-state index < -0.39 is 0 Å². The second kappa shape index (κ2) is 10.3. The summed E-state index contributed by atoms with van der Waals surface area (Å²) in [6, 6.07) is 10.1. The minimum atomic E-state index is -0.376. The molecule has 1 fully saturated rings. The first-order valence-corrected chi connectivity index (χ1v) is 10.4. The molecule has 2 unspecified atom stereocenters. The van der Waals surface area contributed by atoms with E-state index in [0.29, 0.717) is 42.6 Å². The fraction of sp³-hybridized carbons (Fsp3) is 0.375. The zero-order valence-electron chi connectivity index (χ0n) is 18.4. The number of hydrogen-bond acceptors (Lipinski definition) is 5. The van der Waals surface area contributed by atoms with Crippen molar-refractivity contribution in [1.82, 2.24) is 0 Å². The molecule has 2 aromatic carbocycles. The quantitative estimate of drug-likeness (QED) is 0.658. The number of methoxy groups -OCH3 is 1. The Hall–Kier alpha value is -3.06. The second-order valence-electron chi connectivity index (χ2n) is 7.49. The molecule has 1 N–H and O–H groups in total. The summed E-state index contributed by atoms with van der Waals surface area (Å²) in [5.41, 5.74) is 1.69. The van der Waals surface area contributed by atoms with E-state index in [4.69, 9.17) is 14.2 Å². The Kier molecular flexibility index (Phi) is 7.52. The third-order valence-corrected chi connectivity index (χ3v) is 4.89. The lowest BCUT2D eigenvalue weighted by Crippen LogP contribution is -2.45. The molecule has 1 aliphatic rings. The van der Waals surface area contributed by atoms with Gasteiger partial charge in [-0.1, -0.05) is 6.07 Å². The summed E-state index contributed by atoms with van der Waals surface area (Å²) in [5.74, 6) is 0.507. The number of nitrogens with zero attached hydrogens (tertiary/aromatic N) is 1. The van der Waals surface area contributed by atoms with E-state index in [0.717, 1.165) is 5.56 Å². The lowest BCUT2D eigenvalue weighted by molar-refractivity contribution is -0.111. The predicted molar refractivity (Wildman–Crippen MR) is 120 cm³/mol. The van der Waals surface area contributed by atoms with E-state index in [9.17, 15) is 9.18 Å². The molecule has 6 nitrogen and oxygen atoms in total. The monoisotopic (exact) mass is 428 g/mol. The largest absolute Gasteiger partial charge is 0.493 e. The maximum Gasteiger partial charge on any atom is 0.248 e. The minimum absolute atomic E-state index is 0.0360. The first-order chi connectivity index (χ1) is 14.9. The number of benzene rings is 2. The predicted octanol–water partition coefficient (Wildman–Crippen LogP) is 4.50. The van der Waals surface area contributed by atoms with Crippen LogP contribution in [0.2, 0.25) is 0 Å². The zero-order chi connectivity index (χ0) is 22.4. The van der Waals surface area contributed by atoms with Crippen molar-refractivity contribution < 1.29 is 23.4 Å². The molecule has 2 atom stereocenters. The number of anilines is 2. The highest BCUT2D eigenvalue weighted by Crippen LogP contribution is 2.29. The average molecular weight is 429 g/mol. The lowest BCUT2D eigenvalue weighted by atomic mass is 10.1. The molecule has 7 heteroatoms. The Bertz CT molecular complexity index is 937. The fourth-order valence-electron chi connectivity index (χ4n) is 3.63. The molecule has 1 amide bonds. The van der Waals surface area contributed by atoms with Crippen LogP contribution in [0.3, 0.4) is 0 Å². The Balaban J connectivity index is 1.65. The van der Waals surface area contributed by atoms with Gasteiger partial charge in [-0.2, -0.15) is 0 Å². The number of morpholine rings is 1. The van der Waals surface area contributed by atoms with Gasteiger partial charge in [-0.3, -0.25) is 4.79 Å². The molecule has 1 heterocycles. The van der Waals surface area contributed by atoms with Crippen LogP contribution in [0.4, 0.5) is 15.8 Å². The van der Waals surface area contributed by atoms with Gasteiger partial charge in [0.2, 0.25) is 5.91 Å². The molecule has 2 aromatic rings. The Morgan fingerprint density at radius 1 is 1.19 bits per heavy atom. The van der Waals surface area contributed by atoms with Crippen molar-refractivity contribution in [2.24, 2.45) is 0 Å². The Morgan fingerprint density at radius 3 is 2.58 bits per heavy atom. The molecule has 1 aliphatic heterocycles. The Morgan fingerprint density at radius 2 is 1.94 bits per heavy atom. The summed E-state index contributed by atoms with van der Waals surface area (Å²) >= 11 is 0. The summed E-state index contributed by atoms with van der Waals surface area (Å²) in [7, 11) is 1.56. The molecule has 31 heavy (non-hydrogen) atoms. The first-order valence-electron chi connectivity index (χ1n) is 10.4. The molecule has 0 radical (unpaired) electrons. The number of rotatable bonds is 7. The second-order valence-corrected chi connectivity index (χ2v) is 7.49. The third kappa shape index (κ3) is 5.98. The van der Waals surface area contributed by atoms with Crippen LogP contribution in [0.1, 0.15) is 26.3 Å². The fourth-order valence-corrected chi connectivity index (χ4v) is 3.63. The van der Waals surface area contributed by atoms with Gasteiger partial charge < -0.3 is 24.4 Å². The van der Waals surface area contributed by atoms with Crippen LogP contribution in [0.15, 0.2) is 42.5 Å². The summed E-state index contributed by atoms with van der Waals surface area (Å²) in [6.07, 6.45) is 3.13. The molecule has 0 bridgehead atoms. The number of halogens is 1. The maximum atomic E-state index is 14.7. The number of amides is 1. The van der Waals surface area contributed by atoms with Gasteiger partial charge >= 0.3 is 0 Å². The molecular weight excluding hydrogens is 399 g/mol. The van der Waals surface area contributed by atoms with Crippen molar-refractivity contribution >= 4 is 23.4 Å². The maximum absolute atomic E-state index is 14.7. The molecule has 166 valence electrons. The van der Waals surface area contributed by atoms with Gasteiger partial charge in [0.15, 0.2) is 11.5 Å². The number of carbonyl (C=O) groups excluding carboxylic acids is 1. The molecule has 1 saturated heterocycles. The van der Waals surface area contributed by atoms with Crippen LogP contribution < -0.4 is 19.7 Å². The molecule has 0 aromatic heterocycles. The van der Waals surface area contributed by atoms with E-state index in [2.05, 4.69) is 5.32 Å². The van der Waals surface area contributed by atoms with E-state index >= 15 is 0 Å². The van der Waals surface area contributed by atoms with Crippen LogP contribution in [0.25, 0.3) is 6.08 Å². The SMILES string of the molecule is CCOc1ccc(/C=C/C(=O)Nc2ccc(N3CC(C)OC(C)C3)c(F)c2)cc1OC. The summed E-state index contributed by atoms with van der Waals surface area (Å²) in [6.45, 7) is 7.63. The van der Waals surface area contributed by atoms with Crippen LogP contribution in [0, 0.1) is 5.82 Å². The summed E-state index contributed by atoms with van der Waals surface area (Å²) < 4.78 is 31.2. The van der Waals surface area contributed by atoms with Crippen molar-refractivity contribution in [3.8, 4) is 11.5 Å². The highest BCUT2D eigenvalue weighted by molar-refractivity contribution is 6.02. The van der Waals surface area contributed by atoms with E-state index in [1.165, 1.54) is 12.1 Å². The molecule has 0 spiro atoms. The Labute approximate surface area is 182 Å². The third-order valence-electron chi connectivity index (χ3n) is 4.89. The average Bonchev–Trinajstić information content (AvgIpc) is 2.72. The van der Waals surface area contributed by atoms with Crippen molar-refractivity contribution in [3.63, 3.8) is 0 Å². The van der Waals surface area contributed by atoms with Gasteiger partial charge in [0.1, 0.15) is 5.82 Å². The van der Waals surface area contributed by atoms with Gasteiger partial charge in [0.25, 0.3) is 0 Å². The van der Waals surface area contributed by atoms with Crippen LogP contribution in [0.5, 0.6) is 11.5 Å². The highest BCUT2D eigenvalue weighted by atomic mass is 19.1. The molecule has 3 rings (SSSR count). The first kappa shape index (κ1) is 22.6. The highest BCUT2D eigenvalue weighted by Gasteiger charge is 2.24. The van der Waals surface area contributed by atoms with Crippen LogP contribution >= 0.6 is 0 Å². The van der Waals surface area contributed by atoms with Crippen molar-refractivity contribution in [3.05, 3.63) is 53.9 Å². The standard InChI is InChI=1S/C24H29FN2O4/c1-5-30-22-10-6-18(12-23(22)29-4)7-11-24(28)26-19-8-9-21(20(25)13-19)27-14-16(2)31-17(3)15-27/h6-13,16-17H,5,14-15H2,1-4H3,(H,26,28)/b11-7+. The van der Waals surface area contributed by atoms with Crippen LogP contribution in [-0.4, -0.2) is 44.9 Å². The van der Waals surface area contributed by atoms with E-state index in [1.54, 1.807) is 37.5 Å². The molecule has 0 saturated carbocycles. The minimum Gasteiger partial charge on any atom is -0.493 e. The molecular formula is C24H29FN2O4. The smallest absolute Gasteiger partial charge is 0.248 e. The summed E-state index contributed by atoms with van der Waals surface area (Å²) in [5, 5.41) is 2.70. The van der Waals surface area contributed by atoms with Crippen molar-refractivity contribution in [1.29, 1.82) is 0 Å². The van der Waals surface area contributed by atoms with Gasteiger partial charge in [0, 0.05) is 24.9 Å². The van der Waals surface area contributed by atoms with Gasteiger partial charge in [-0.05, 0) is 62.7 Å². The van der Waals surface area contributed by atoms with E-state index in [1.807, 2.05) is 31.7 Å². The normalized spacial score (nSPS) is 18.8. The molecule has 0 aliphatic carbocycles. The number of nitrogens with one attached hydrogen (secondary N) is 1. The van der Waals surface area contributed by atoms with Crippen LogP contribution in [-0.2, 0) is 9.53 Å². The van der Waals surface area contributed by atoms with Crippen molar-refractivity contribution in [2.75, 3.05) is 37.0 Å². The van der Waals surface area contributed by atoms with Crippen molar-refractivity contribution in [2.45, 2.75) is 33.0 Å².